The van der Waals surface area contributed by atoms with E-state index in [-0.39, 0.29) is 24.7 Å². The Kier molecular flexibility index (Phi) is 11.2. The molecule has 44 heavy (non-hydrogen) atoms. The van der Waals surface area contributed by atoms with Crippen molar-refractivity contribution in [1.29, 1.82) is 0 Å². The molecule has 3 unspecified atom stereocenters. The fourth-order valence-electron chi connectivity index (χ4n) is 5.63. The van der Waals surface area contributed by atoms with Gasteiger partial charge in [0.25, 0.3) is 5.91 Å². The van der Waals surface area contributed by atoms with Crippen molar-refractivity contribution in [2.24, 2.45) is 17.6 Å². The average Bonchev–Trinajstić information content (AvgIpc) is 3.20. The number of nitrogens with one attached hydrogen (secondary N) is 3. The third kappa shape index (κ3) is 9.05. The summed E-state index contributed by atoms with van der Waals surface area (Å²) in [5, 5.41) is 8.63. The number of benzene rings is 2. The largest absolute Gasteiger partial charge is 0.440 e. The van der Waals surface area contributed by atoms with E-state index in [9.17, 15) is 24.0 Å². The lowest BCUT2D eigenvalue weighted by atomic mass is 9.76. The zero-order valence-corrected chi connectivity index (χ0v) is 26.9. The zero-order chi connectivity index (χ0) is 32.8. The Hall–Kier alpha value is -3.92. The van der Waals surface area contributed by atoms with Gasteiger partial charge in [0, 0.05) is 21.9 Å². The number of primary amides is 1. The van der Waals surface area contributed by atoms with Gasteiger partial charge in [-0.1, -0.05) is 81.8 Å². The number of hydrogen-bond acceptors (Lipinski definition) is 6. The van der Waals surface area contributed by atoms with Gasteiger partial charge in [0.2, 0.25) is 17.6 Å². The summed E-state index contributed by atoms with van der Waals surface area (Å²) < 4.78 is 6.03. The zero-order valence-electron chi connectivity index (χ0n) is 26.1. The fraction of sp³-hybridized carbons (Fsp3) is 0.485. The molecule has 11 heteroatoms. The van der Waals surface area contributed by atoms with E-state index < -0.39 is 58.8 Å². The van der Waals surface area contributed by atoms with Gasteiger partial charge in [-0.2, -0.15) is 0 Å². The Morgan fingerprint density at radius 3 is 2.25 bits per heavy atom. The highest BCUT2D eigenvalue weighted by molar-refractivity contribution is 6.38. The maximum Gasteiger partial charge on any atom is 0.408 e. The highest BCUT2D eigenvalue weighted by atomic mass is 35.5. The molecule has 1 aliphatic heterocycles. The summed E-state index contributed by atoms with van der Waals surface area (Å²) in [6.07, 6.45) is -1.09. The molecule has 0 saturated carbocycles. The molecule has 0 aliphatic carbocycles. The molecule has 10 nitrogen and oxygen atoms in total. The van der Waals surface area contributed by atoms with Crippen LogP contribution >= 0.6 is 11.6 Å². The van der Waals surface area contributed by atoms with Crippen LogP contribution in [0.25, 0.3) is 0 Å². The van der Waals surface area contributed by atoms with Crippen LogP contribution in [-0.2, 0) is 29.3 Å². The molecule has 238 valence electrons. The van der Waals surface area contributed by atoms with Crippen LogP contribution < -0.4 is 21.7 Å². The molecule has 5 N–H and O–H groups in total. The second-order valence-corrected chi connectivity index (χ2v) is 13.5. The van der Waals surface area contributed by atoms with Crippen molar-refractivity contribution in [2.45, 2.75) is 89.9 Å². The molecule has 0 radical (unpaired) electrons. The van der Waals surface area contributed by atoms with E-state index in [1.165, 1.54) is 0 Å². The van der Waals surface area contributed by atoms with Gasteiger partial charge in [-0.3, -0.25) is 19.2 Å². The van der Waals surface area contributed by atoms with E-state index in [0.29, 0.717) is 11.4 Å². The number of rotatable bonds is 13. The molecule has 1 heterocycles. The Balaban J connectivity index is 1.84. The minimum Gasteiger partial charge on any atom is -0.440 e. The summed E-state index contributed by atoms with van der Waals surface area (Å²) in [6, 6.07) is 14.1. The third-order valence-corrected chi connectivity index (χ3v) is 8.09. The van der Waals surface area contributed by atoms with Gasteiger partial charge in [-0.05, 0) is 62.3 Å². The van der Waals surface area contributed by atoms with Crippen LogP contribution in [0, 0.1) is 11.8 Å². The van der Waals surface area contributed by atoms with Crippen LogP contribution in [-0.4, -0.2) is 47.2 Å². The van der Waals surface area contributed by atoms with Crippen LogP contribution in [0.15, 0.2) is 54.6 Å². The SMILES string of the molecule is CC(C)C[C@H](NC(=O)OC(c1ccccc1)C(C)(C)c1cccc(Cl)c1)C(=O)NC(CC1CC(C)(C)NC1=O)C(=O)C(N)=O. The highest BCUT2D eigenvalue weighted by Gasteiger charge is 2.41. The van der Waals surface area contributed by atoms with Crippen molar-refractivity contribution in [1.82, 2.24) is 16.0 Å². The predicted octanol–water partition coefficient (Wildman–Crippen LogP) is 4.34. The van der Waals surface area contributed by atoms with Crippen molar-refractivity contribution in [3.63, 3.8) is 0 Å². The Labute approximate surface area is 263 Å². The van der Waals surface area contributed by atoms with Gasteiger partial charge >= 0.3 is 6.09 Å². The summed E-state index contributed by atoms with van der Waals surface area (Å²) in [5.74, 6) is -3.87. The number of carbonyl (C=O) groups excluding carboxylic acids is 5. The number of hydrogen-bond donors (Lipinski definition) is 4. The van der Waals surface area contributed by atoms with E-state index in [2.05, 4.69) is 16.0 Å². The number of ether oxygens (including phenoxy) is 1. The van der Waals surface area contributed by atoms with Gasteiger partial charge in [0.15, 0.2) is 0 Å². The number of alkyl carbamates (subject to hydrolysis) is 1. The molecule has 1 aliphatic rings. The van der Waals surface area contributed by atoms with Gasteiger partial charge in [0.05, 0.1) is 6.04 Å². The van der Waals surface area contributed by atoms with Gasteiger partial charge in [-0.15, -0.1) is 0 Å². The number of carbonyl (C=O) groups is 5. The lowest BCUT2D eigenvalue weighted by Gasteiger charge is -2.35. The Bertz CT molecular complexity index is 1380. The minimum absolute atomic E-state index is 0.0365. The molecule has 0 bridgehead atoms. The predicted molar refractivity (Wildman–Crippen MR) is 168 cm³/mol. The van der Waals surface area contributed by atoms with Crippen molar-refractivity contribution >= 4 is 41.2 Å². The van der Waals surface area contributed by atoms with Crippen LogP contribution in [0.3, 0.4) is 0 Å². The number of Topliss-reactive ketones (excluding diaryl/α,β-unsaturated/α-hetero) is 1. The number of nitrogens with two attached hydrogens (primary N) is 1. The standard InChI is InChI=1S/C33H43ClN4O6/c1-19(2)15-25(30(42)36-24(26(39)28(35)40)16-21-18-32(3,4)38-29(21)41)37-31(43)44-27(20-11-8-7-9-12-20)33(5,6)22-13-10-14-23(34)17-22/h7-14,17,19,21,24-25,27H,15-16,18H2,1-6H3,(H2,35,40)(H,36,42)(H,37,43)(H,38,41)/t21?,24?,25-,27?/m0/s1. The molecule has 3 rings (SSSR count). The number of amides is 4. The number of ketones is 1. The van der Waals surface area contributed by atoms with Crippen molar-refractivity contribution < 1.29 is 28.7 Å². The first kappa shape index (κ1) is 34.6. The van der Waals surface area contributed by atoms with E-state index in [1.54, 1.807) is 6.07 Å². The summed E-state index contributed by atoms with van der Waals surface area (Å²) in [6.45, 7) is 11.3. The molecule has 4 atom stereocenters. The van der Waals surface area contributed by atoms with Gasteiger partial charge in [0.1, 0.15) is 12.1 Å². The smallest absolute Gasteiger partial charge is 0.408 e. The molecule has 2 aromatic rings. The molecule has 1 saturated heterocycles. The van der Waals surface area contributed by atoms with Crippen molar-refractivity contribution in [3.8, 4) is 0 Å². The second kappa shape index (κ2) is 14.2. The summed E-state index contributed by atoms with van der Waals surface area (Å²) in [5.41, 5.74) is 5.64. The summed E-state index contributed by atoms with van der Waals surface area (Å²) in [4.78, 5) is 64.1. The van der Waals surface area contributed by atoms with E-state index in [0.717, 1.165) is 11.1 Å². The molecule has 2 aromatic carbocycles. The first-order valence-corrected chi connectivity index (χ1v) is 15.1. The number of halogens is 1. The monoisotopic (exact) mass is 626 g/mol. The lowest BCUT2D eigenvalue weighted by molar-refractivity contribution is -0.139. The minimum atomic E-state index is -1.34. The second-order valence-electron chi connectivity index (χ2n) is 13.1. The molecular formula is C33H43ClN4O6. The van der Waals surface area contributed by atoms with Crippen LogP contribution in [0.2, 0.25) is 5.02 Å². The van der Waals surface area contributed by atoms with E-state index >= 15 is 0 Å². The Morgan fingerprint density at radius 1 is 1.05 bits per heavy atom. The topological polar surface area (TPSA) is 157 Å². The Morgan fingerprint density at radius 2 is 1.70 bits per heavy atom. The van der Waals surface area contributed by atoms with Crippen LogP contribution in [0.5, 0.6) is 0 Å². The van der Waals surface area contributed by atoms with Gasteiger partial charge < -0.3 is 26.4 Å². The first-order chi connectivity index (χ1) is 20.5. The quantitative estimate of drug-likeness (QED) is 0.242. The molecule has 0 spiro atoms. The van der Waals surface area contributed by atoms with Gasteiger partial charge in [-0.25, -0.2) is 4.79 Å². The van der Waals surface area contributed by atoms with Crippen molar-refractivity contribution in [3.05, 3.63) is 70.7 Å². The molecule has 0 aromatic heterocycles. The fourth-order valence-corrected chi connectivity index (χ4v) is 5.82. The third-order valence-electron chi connectivity index (χ3n) is 7.85. The molecule has 1 fully saturated rings. The maximum atomic E-state index is 13.5. The molecule has 4 amide bonds. The lowest BCUT2D eigenvalue weighted by Crippen LogP contribution is -2.54. The van der Waals surface area contributed by atoms with Crippen molar-refractivity contribution in [2.75, 3.05) is 0 Å². The summed E-state index contributed by atoms with van der Waals surface area (Å²) >= 11 is 6.28. The van der Waals surface area contributed by atoms with E-state index in [4.69, 9.17) is 22.1 Å². The van der Waals surface area contributed by atoms with Crippen LogP contribution in [0.1, 0.15) is 78.0 Å². The summed E-state index contributed by atoms with van der Waals surface area (Å²) in [7, 11) is 0. The maximum absolute atomic E-state index is 13.5. The average molecular weight is 627 g/mol. The first-order valence-electron chi connectivity index (χ1n) is 14.7. The normalized spacial score (nSPS) is 18.1. The highest BCUT2D eigenvalue weighted by Crippen LogP contribution is 2.40. The van der Waals surface area contributed by atoms with Crippen LogP contribution in [0.4, 0.5) is 4.79 Å². The van der Waals surface area contributed by atoms with E-state index in [1.807, 2.05) is 90.1 Å². The molecular weight excluding hydrogens is 584 g/mol.